The number of nitrogen functional groups attached to an aromatic ring is 1. The molecule has 0 fully saturated rings. The number of aryl methyl sites for hydroxylation is 2. The lowest BCUT2D eigenvalue weighted by atomic mass is 10.2. The van der Waals surface area contributed by atoms with E-state index in [2.05, 4.69) is 4.72 Å². The fourth-order valence-corrected chi connectivity index (χ4v) is 3.16. The first-order valence-corrected chi connectivity index (χ1v) is 7.32. The SMILES string of the molecule is Cc1cccc(NS(=O)(=O)c2cc(N)ccc2C)c1. The zero-order chi connectivity index (χ0) is 14.0. The van der Waals surface area contributed by atoms with Crippen LogP contribution in [0.25, 0.3) is 0 Å². The van der Waals surface area contributed by atoms with Crippen molar-refractivity contribution in [1.29, 1.82) is 0 Å². The molecule has 0 heterocycles. The maximum absolute atomic E-state index is 12.3. The van der Waals surface area contributed by atoms with E-state index in [9.17, 15) is 8.42 Å². The van der Waals surface area contributed by atoms with Crippen LogP contribution in [-0.2, 0) is 10.0 Å². The van der Waals surface area contributed by atoms with E-state index in [-0.39, 0.29) is 4.90 Å². The fraction of sp³-hybridized carbons (Fsp3) is 0.143. The summed E-state index contributed by atoms with van der Waals surface area (Å²) in [6.07, 6.45) is 0. The van der Waals surface area contributed by atoms with E-state index in [0.717, 1.165) is 5.56 Å². The minimum atomic E-state index is -3.61. The van der Waals surface area contributed by atoms with Crippen LogP contribution in [0.1, 0.15) is 11.1 Å². The van der Waals surface area contributed by atoms with Gasteiger partial charge in [-0.15, -0.1) is 0 Å². The normalized spacial score (nSPS) is 11.3. The molecule has 0 radical (unpaired) electrons. The standard InChI is InChI=1S/C14H16N2O2S/c1-10-4-3-5-13(8-10)16-19(17,18)14-9-12(15)7-6-11(14)2/h3-9,16H,15H2,1-2H3. The van der Waals surface area contributed by atoms with Crippen LogP contribution in [-0.4, -0.2) is 8.42 Å². The van der Waals surface area contributed by atoms with E-state index in [1.54, 1.807) is 37.3 Å². The molecule has 5 heteroatoms. The third kappa shape index (κ3) is 3.06. The summed E-state index contributed by atoms with van der Waals surface area (Å²) in [4.78, 5) is 0.203. The minimum Gasteiger partial charge on any atom is -0.399 e. The Morgan fingerprint density at radius 1 is 1.05 bits per heavy atom. The van der Waals surface area contributed by atoms with Gasteiger partial charge in [0.15, 0.2) is 0 Å². The largest absolute Gasteiger partial charge is 0.399 e. The molecule has 3 N–H and O–H groups in total. The molecular weight excluding hydrogens is 260 g/mol. The van der Waals surface area contributed by atoms with Gasteiger partial charge in [-0.2, -0.15) is 0 Å². The molecule has 0 saturated heterocycles. The molecule has 0 aromatic heterocycles. The van der Waals surface area contributed by atoms with Crippen molar-refractivity contribution in [2.24, 2.45) is 0 Å². The lowest BCUT2D eigenvalue weighted by Crippen LogP contribution is -2.14. The number of benzene rings is 2. The third-order valence-electron chi connectivity index (χ3n) is 2.77. The van der Waals surface area contributed by atoms with E-state index in [1.807, 2.05) is 13.0 Å². The van der Waals surface area contributed by atoms with Gasteiger partial charge in [0, 0.05) is 11.4 Å². The number of hydrogen-bond donors (Lipinski definition) is 2. The Morgan fingerprint density at radius 3 is 2.47 bits per heavy atom. The molecule has 4 nitrogen and oxygen atoms in total. The molecule has 0 aliphatic carbocycles. The van der Waals surface area contributed by atoms with Crippen molar-refractivity contribution in [2.75, 3.05) is 10.5 Å². The van der Waals surface area contributed by atoms with Crippen molar-refractivity contribution in [1.82, 2.24) is 0 Å². The van der Waals surface area contributed by atoms with Crippen LogP contribution in [0.2, 0.25) is 0 Å². The van der Waals surface area contributed by atoms with Crippen molar-refractivity contribution in [3.05, 3.63) is 53.6 Å². The summed E-state index contributed by atoms with van der Waals surface area (Å²) in [6.45, 7) is 3.65. The molecule has 0 atom stereocenters. The van der Waals surface area contributed by atoms with E-state index in [0.29, 0.717) is 16.9 Å². The summed E-state index contributed by atoms with van der Waals surface area (Å²) in [5.41, 5.74) is 8.27. The van der Waals surface area contributed by atoms with Crippen LogP contribution in [0.5, 0.6) is 0 Å². The Bertz CT molecular complexity index is 709. The molecule has 0 saturated carbocycles. The summed E-state index contributed by atoms with van der Waals surface area (Å²) in [5.74, 6) is 0. The van der Waals surface area contributed by atoms with Gasteiger partial charge in [0.05, 0.1) is 4.90 Å². The first kappa shape index (κ1) is 13.4. The average molecular weight is 276 g/mol. The van der Waals surface area contributed by atoms with Crippen LogP contribution >= 0.6 is 0 Å². The van der Waals surface area contributed by atoms with E-state index >= 15 is 0 Å². The highest BCUT2D eigenvalue weighted by Crippen LogP contribution is 2.21. The Hall–Kier alpha value is -2.01. The van der Waals surface area contributed by atoms with Crippen LogP contribution in [0, 0.1) is 13.8 Å². The monoisotopic (exact) mass is 276 g/mol. The summed E-state index contributed by atoms with van der Waals surface area (Å²) < 4.78 is 27.2. The number of rotatable bonds is 3. The fourth-order valence-electron chi connectivity index (χ4n) is 1.82. The van der Waals surface area contributed by atoms with Crippen molar-refractivity contribution in [2.45, 2.75) is 18.7 Å². The molecule has 0 bridgehead atoms. The zero-order valence-corrected chi connectivity index (χ0v) is 11.7. The lowest BCUT2D eigenvalue weighted by molar-refractivity contribution is 0.600. The summed E-state index contributed by atoms with van der Waals surface area (Å²) in [6, 6.07) is 12.0. The molecule has 0 aliphatic heterocycles. The van der Waals surface area contributed by atoms with Gasteiger partial charge in [0.25, 0.3) is 10.0 Å². The Labute approximate surface area is 113 Å². The summed E-state index contributed by atoms with van der Waals surface area (Å²) in [7, 11) is -3.61. The van der Waals surface area contributed by atoms with Crippen LogP contribution in [0.3, 0.4) is 0 Å². The zero-order valence-electron chi connectivity index (χ0n) is 10.8. The minimum absolute atomic E-state index is 0.203. The predicted octanol–water partition coefficient (Wildman–Crippen LogP) is 2.69. The molecule has 0 unspecified atom stereocenters. The quantitative estimate of drug-likeness (QED) is 0.847. The Kier molecular flexibility index (Phi) is 3.48. The van der Waals surface area contributed by atoms with Gasteiger partial charge >= 0.3 is 0 Å². The van der Waals surface area contributed by atoms with E-state index < -0.39 is 10.0 Å². The van der Waals surface area contributed by atoms with Gasteiger partial charge in [0.2, 0.25) is 0 Å². The molecule has 2 aromatic rings. The highest BCUT2D eigenvalue weighted by molar-refractivity contribution is 7.92. The maximum Gasteiger partial charge on any atom is 0.262 e. The highest BCUT2D eigenvalue weighted by atomic mass is 32.2. The van der Waals surface area contributed by atoms with Crippen LogP contribution in [0.15, 0.2) is 47.4 Å². The molecule has 0 aliphatic rings. The number of nitrogens with one attached hydrogen (secondary N) is 1. The topological polar surface area (TPSA) is 72.2 Å². The number of hydrogen-bond acceptors (Lipinski definition) is 3. The molecule has 19 heavy (non-hydrogen) atoms. The molecular formula is C14H16N2O2S. The summed E-state index contributed by atoms with van der Waals surface area (Å²) >= 11 is 0. The predicted molar refractivity (Wildman–Crippen MR) is 77.6 cm³/mol. The molecule has 2 rings (SSSR count). The number of sulfonamides is 1. The van der Waals surface area contributed by atoms with Crippen molar-refractivity contribution < 1.29 is 8.42 Å². The van der Waals surface area contributed by atoms with Gasteiger partial charge < -0.3 is 5.73 Å². The van der Waals surface area contributed by atoms with Crippen molar-refractivity contribution >= 4 is 21.4 Å². The van der Waals surface area contributed by atoms with E-state index in [4.69, 9.17) is 5.73 Å². The van der Waals surface area contributed by atoms with Gasteiger partial charge in [-0.25, -0.2) is 8.42 Å². The Balaban J connectivity index is 2.40. The second kappa shape index (κ2) is 4.93. The number of nitrogens with two attached hydrogens (primary N) is 1. The lowest BCUT2D eigenvalue weighted by Gasteiger charge is -2.11. The third-order valence-corrected chi connectivity index (χ3v) is 4.30. The maximum atomic E-state index is 12.3. The first-order chi connectivity index (χ1) is 8.88. The molecule has 0 spiro atoms. The summed E-state index contributed by atoms with van der Waals surface area (Å²) in [5, 5.41) is 0. The van der Waals surface area contributed by atoms with Gasteiger partial charge in [0.1, 0.15) is 0 Å². The van der Waals surface area contributed by atoms with Gasteiger partial charge in [-0.3, -0.25) is 4.72 Å². The first-order valence-electron chi connectivity index (χ1n) is 5.84. The number of anilines is 2. The van der Waals surface area contributed by atoms with Crippen molar-refractivity contribution in [3.63, 3.8) is 0 Å². The van der Waals surface area contributed by atoms with Crippen LogP contribution < -0.4 is 10.5 Å². The molecule has 0 amide bonds. The van der Waals surface area contributed by atoms with Crippen LogP contribution in [0.4, 0.5) is 11.4 Å². The van der Waals surface area contributed by atoms with Gasteiger partial charge in [-0.1, -0.05) is 18.2 Å². The average Bonchev–Trinajstić information content (AvgIpc) is 2.31. The smallest absolute Gasteiger partial charge is 0.262 e. The van der Waals surface area contributed by atoms with Crippen molar-refractivity contribution in [3.8, 4) is 0 Å². The molecule has 100 valence electrons. The second-order valence-electron chi connectivity index (χ2n) is 4.50. The Morgan fingerprint density at radius 2 is 1.79 bits per heavy atom. The highest BCUT2D eigenvalue weighted by Gasteiger charge is 2.17. The van der Waals surface area contributed by atoms with E-state index in [1.165, 1.54) is 6.07 Å². The van der Waals surface area contributed by atoms with Gasteiger partial charge in [-0.05, 0) is 49.2 Å². The second-order valence-corrected chi connectivity index (χ2v) is 6.15. The molecule has 2 aromatic carbocycles.